The number of nitrogens with zero attached hydrogens (tertiary/aromatic N) is 1. The smallest absolute Gasteiger partial charge is 0.261 e. The number of hydrogen-bond donors (Lipinski definition) is 0. The standard InChI is InChI=1S/C16H11NO4S/c18-14(19)8-17-15(20)12-4-2-1-3-11(12)13(16(17)21)7-10-5-6-22-9-10/h1-7,9H,8H2,(H,18,19)/p-1. The second-order valence-corrected chi connectivity index (χ2v) is 5.51. The Balaban J connectivity index is 2.15. The van der Waals surface area contributed by atoms with Crippen LogP contribution < -0.4 is 5.11 Å². The molecule has 0 saturated heterocycles. The number of hydrogen-bond acceptors (Lipinski definition) is 5. The molecule has 0 saturated carbocycles. The number of amides is 2. The van der Waals surface area contributed by atoms with Crippen molar-refractivity contribution in [3.05, 3.63) is 57.8 Å². The van der Waals surface area contributed by atoms with E-state index in [9.17, 15) is 19.5 Å². The van der Waals surface area contributed by atoms with Crippen LogP contribution in [0.3, 0.4) is 0 Å². The van der Waals surface area contributed by atoms with Gasteiger partial charge in [0.15, 0.2) is 0 Å². The van der Waals surface area contributed by atoms with Crippen LogP contribution in [0.2, 0.25) is 0 Å². The molecule has 1 aromatic carbocycles. The number of thiophene rings is 1. The molecule has 0 N–H and O–H groups in total. The van der Waals surface area contributed by atoms with E-state index < -0.39 is 24.3 Å². The lowest BCUT2D eigenvalue weighted by molar-refractivity contribution is -0.305. The third-order valence-electron chi connectivity index (χ3n) is 3.31. The number of carboxylic acid groups (broad SMARTS) is 1. The summed E-state index contributed by atoms with van der Waals surface area (Å²) in [4.78, 5) is 36.3. The molecule has 2 heterocycles. The first kappa shape index (κ1) is 14.2. The van der Waals surface area contributed by atoms with E-state index in [4.69, 9.17) is 0 Å². The van der Waals surface area contributed by atoms with Gasteiger partial charge >= 0.3 is 0 Å². The number of carbonyl (C=O) groups is 3. The normalized spacial score (nSPS) is 16.0. The third kappa shape index (κ3) is 2.44. The lowest BCUT2D eigenvalue weighted by Crippen LogP contribution is -2.47. The Hall–Kier alpha value is -2.73. The van der Waals surface area contributed by atoms with Crippen molar-refractivity contribution in [2.24, 2.45) is 0 Å². The van der Waals surface area contributed by atoms with Crippen LogP contribution in [0, 0.1) is 0 Å². The molecule has 0 fully saturated rings. The predicted octanol–water partition coefficient (Wildman–Crippen LogP) is 1.02. The fourth-order valence-electron chi connectivity index (χ4n) is 2.34. The van der Waals surface area contributed by atoms with Crippen molar-refractivity contribution in [2.45, 2.75) is 0 Å². The van der Waals surface area contributed by atoms with Gasteiger partial charge in [-0.25, -0.2) is 0 Å². The molecule has 6 heteroatoms. The average Bonchev–Trinajstić information content (AvgIpc) is 3.01. The summed E-state index contributed by atoms with van der Waals surface area (Å²) in [6, 6.07) is 8.50. The molecular weight excluding hydrogens is 302 g/mol. The summed E-state index contributed by atoms with van der Waals surface area (Å²) in [6.45, 7) is -0.757. The van der Waals surface area contributed by atoms with Crippen molar-refractivity contribution < 1.29 is 19.5 Å². The Morgan fingerprint density at radius 1 is 1.14 bits per heavy atom. The number of benzene rings is 1. The van der Waals surface area contributed by atoms with Crippen molar-refractivity contribution in [1.29, 1.82) is 0 Å². The molecule has 0 radical (unpaired) electrons. The lowest BCUT2D eigenvalue weighted by atomic mass is 9.92. The van der Waals surface area contributed by atoms with Gasteiger partial charge in [-0.3, -0.25) is 14.5 Å². The second kappa shape index (κ2) is 5.57. The Morgan fingerprint density at radius 2 is 1.86 bits per heavy atom. The van der Waals surface area contributed by atoms with Crippen molar-refractivity contribution in [3.8, 4) is 0 Å². The molecular formula is C16H10NO4S-. The molecule has 3 rings (SSSR count). The number of fused-ring (bicyclic) bond motifs is 1. The minimum Gasteiger partial charge on any atom is -0.548 e. The van der Waals surface area contributed by atoms with E-state index >= 15 is 0 Å². The van der Waals surface area contributed by atoms with Gasteiger partial charge in [0, 0.05) is 11.1 Å². The summed E-state index contributed by atoms with van der Waals surface area (Å²) in [6.07, 6.45) is 1.66. The van der Waals surface area contributed by atoms with Crippen LogP contribution in [0.1, 0.15) is 21.5 Å². The molecule has 2 aromatic rings. The van der Waals surface area contributed by atoms with Gasteiger partial charge < -0.3 is 9.90 Å². The summed E-state index contributed by atoms with van der Waals surface area (Å²) in [7, 11) is 0. The first-order valence-corrected chi connectivity index (χ1v) is 7.41. The van der Waals surface area contributed by atoms with Gasteiger partial charge in [-0.05, 0) is 40.1 Å². The first-order valence-electron chi connectivity index (χ1n) is 6.47. The maximum Gasteiger partial charge on any atom is 0.261 e. The zero-order valence-electron chi connectivity index (χ0n) is 11.3. The Labute approximate surface area is 130 Å². The highest BCUT2D eigenvalue weighted by Crippen LogP contribution is 2.30. The van der Waals surface area contributed by atoms with E-state index in [0.29, 0.717) is 21.6 Å². The number of imide groups is 1. The number of rotatable bonds is 3. The minimum absolute atomic E-state index is 0.301. The van der Waals surface area contributed by atoms with Crippen LogP contribution in [0.4, 0.5) is 0 Å². The van der Waals surface area contributed by atoms with Crippen molar-refractivity contribution >= 4 is 40.8 Å². The highest BCUT2D eigenvalue weighted by molar-refractivity contribution is 7.08. The summed E-state index contributed by atoms with van der Waals surface area (Å²) in [5.74, 6) is -2.72. The summed E-state index contributed by atoms with van der Waals surface area (Å²) < 4.78 is 0. The highest BCUT2D eigenvalue weighted by atomic mass is 32.1. The van der Waals surface area contributed by atoms with Crippen LogP contribution in [-0.4, -0.2) is 29.2 Å². The molecule has 0 bridgehead atoms. The van der Waals surface area contributed by atoms with E-state index in [-0.39, 0.29) is 0 Å². The van der Waals surface area contributed by atoms with Gasteiger partial charge in [0.1, 0.15) is 0 Å². The second-order valence-electron chi connectivity index (χ2n) is 4.73. The average molecular weight is 312 g/mol. The van der Waals surface area contributed by atoms with E-state index in [1.807, 2.05) is 16.8 Å². The molecule has 0 spiro atoms. The molecule has 2 amide bonds. The molecule has 1 aliphatic rings. The van der Waals surface area contributed by atoms with Gasteiger partial charge in [0.25, 0.3) is 11.8 Å². The molecule has 0 aliphatic carbocycles. The summed E-state index contributed by atoms with van der Waals surface area (Å²) >= 11 is 1.48. The van der Waals surface area contributed by atoms with E-state index in [2.05, 4.69) is 0 Å². The molecule has 0 unspecified atom stereocenters. The zero-order chi connectivity index (χ0) is 15.7. The molecule has 22 heavy (non-hydrogen) atoms. The van der Waals surface area contributed by atoms with Gasteiger partial charge in [-0.1, -0.05) is 18.2 Å². The monoisotopic (exact) mass is 312 g/mol. The molecule has 0 atom stereocenters. The minimum atomic E-state index is -1.48. The zero-order valence-corrected chi connectivity index (χ0v) is 12.1. The van der Waals surface area contributed by atoms with Gasteiger partial charge in [0.2, 0.25) is 0 Å². The van der Waals surface area contributed by atoms with Gasteiger partial charge in [-0.2, -0.15) is 11.3 Å². The Morgan fingerprint density at radius 3 is 2.50 bits per heavy atom. The SMILES string of the molecule is O=C([O-])CN1C(=O)C(=Cc2ccsc2)c2ccccc2C1=O. The summed E-state index contributed by atoms with van der Waals surface area (Å²) in [5.41, 5.74) is 1.95. The number of carbonyl (C=O) groups excluding carboxylic acids is 3. The van der Waals surface area contributed by atoms with Crippen molar-refractivity contribution in [3.63, 3.8) is 0 Å². The number of aliphatic carboxylic acids is 1. The van der Waals surface area contributed by atoms with Crippen LogP contribution in [0.5, 0.6) is 0 Å². The van der Waals surface area contributed by atoms with Gasteiger partial charge in [0.05, 0.1) is 12.5 Å². The number of carboxylic acids is 1. The predicted molar refractivity (Wildman–Crippen MR) is 79.7 cm³/mol. The fourth-order valence-corrected chi connectivity index (χ4v) is 2.96. The van der Waals surface area contributed by atoms with Crippen LogP contribution in [0.25, 0.3) is 11.6 Å². The van der Waals surface area contributed by atoms with E-state index in [0.717, 1.165) is 5.56 Å². The fraction of sp³-hybridized carbons (Fsp3) is 0.0625. The maximum atomic E-state index is 12.5. The van der Waals surface area contributed by atoms with E-state index in [1.165, 1.54) is 11.3 Å². The van der Waals surface area contributed by atoms with Crippen molar-refractivity contribution in [2.75, 3.05) is 6.54 Å². The Kier molecular flexibility index (Phi) is 3.60. The largest absolute Gasteiger partial charge is 0.548 e. The van der Waals surface area contributed by atoms with Crippen molar-refractivity contribution in [1.82, 2.24) is 4.90 Å². The van der Waals surface area contributed by atoms with Crippen LogP contribution in [0.15, 0.2) is 41.1 Å². The molecule has 5 nitrogen and oxygen atoms in total. The lowest BCUT2D eigenvalue weighted by Gasteiger charge is -2.28. The third-order valence-corrected chi connectivity index (χ3v) is 4.01. The molecule has 1 aromatic heterocycles. The first-order chi connectivity index (χ1) is 10.6. The summed E-state index contributed by atoms with van der Waals surface area (Å²) in [5, 5.41) is 14.6. The van der Waals surface area contributed by atoms with Gasteiger partial charge in [-0.15, -0.1) is 0 Å². The highest BCUT2D eigenvalue weighted by Gasteiger charge is 2.34. The topological polar surface area (TPSA) is 77.5 Å². The Bertz CT molecular complexity index is 792. The van der Waals surface area contributed by atoms with E-state index in [1.54, 1.807) is 30.3 Å². The maximum absolute atomic E-state index is 12.5. The molecule has 110 valence electrons. The molecule has 1 aliphatic heterocycles. The van der Waals surface area contributed by atoms with Crippen LogP contribution in [-0.2, 0) is 9.59 Å². The quantitative estimate of drug-likeness (QED) is 0.626. The van der Waals surface area contributed by atoms with Crippen LogP contribution >= 0.6 is 11.3 Å².